The van der Waals surface area contributed by atoms with E-state index in [4.69, 9.17) is 5.73 Å². The molecule has 1 amide bonds. The van der Waals surface area contributed by atoms with Crippen LogP contribution in [0.4, 0.5) is 5.69 Å². The van der Waals surface area contributed by atoms with Crippen molar-refractivity contribution in [3.8, 4) is 0 Å². The third-order valence-electron chi connectivity index (χ3n) is 3.31. The fourth-order valence-corrected chi connectivity index (χ4v) is 1.81. The van der Waals surface area contributed by atoms with Gasteiger partial charge in [0.25, 0.3) is 0 Å². The highest BCUT2D eigenvalue weighted by Crippen LogP contribution is 2.16. The van der Waals surface area contributed by atoms with Gasteiger partial charge in [-0.3, -0.25) is 9.78 Å². The summed E-state index contributed by atoms with van der Waals surface area (Å²) < 4.78 is 0. The maximum atomic E-state index is 11.9. The van der Waals surface area contributed by atoms with Gasteiger partial charge in [0.05, 0.1) is 0 Å². The molecule has 0 radical (unpaired) electrons. The standard InChI is InChI=1S/C14H23N3O/c1-3-12(10-15)5-4-11(2)14(18)17-13-6-8-16-9-7-13/h6-9,11-12H,3-5,10,15H2,1-2H3,(H,16,17,18)/t11?,12-/m1/s1. The van der Waals surface area contributed by atoms with Crippen LogP contribution in [-0.2, 0) is 4.79 Å². The van der Waals surface area contributed by atoms with Gasteiger partial charge in [0.1, 0.15) is 0 Å². The zero-order chi connectivity index (χ0) is 13.4. The molecule has 4 nitrogen and oxygen atoms in total. The minimum absolute atomic E-state index is 0.0127. The number of nitrogens with two attached hydrogens (primary N) is 1. The Morgan fingerprint density at radius 3 is 2.61 bits per heavy atom. The van der Waals surface area contributed by atoms with Gasteiger partial charge in [-0.2, -0.15) is 0 Å². The van der Waals surface area contributed by atoms with Crippen molar-refractivity contribution in [1.82, 2.24) is 4.98 Å². The molecule has 0 aromatic carbocycles. The summed E-state index contributed by atoms with van der Waals surface area (Å²) in [5.41, 5.74) is 6.46. The molecule has 0 aliphatic heterocycles. The van der Waals surface area contributed by atoms with Crippen molar-refractivity contribution in [2.24, 2.45) is 17.6 Å². The first-order valence-electron chi connectivity index (χ1n) is 6.58. The lowest BCUT2D eigenvalue weighted by atomic mass is 9.94. The lowest BCUT2D eigenvalue weighted by Gasteiger charge is -2.16. The molecular formula is C14H23N3O. The molecule has 0 spiro atoms. The Kier molecular flexibility index (Phi) is 6.36. The second kappa shape index (κ2) is 7.82. The van der Waals surface area contributed by atoms with Crippen LogP contribution in [0.5, 0.6) is 0 Å². The molecule has 1 aromatic rings. The Balaban J connectivity index is 2.37. The van der Waals surface area contributed by atoms with E-state index in [0.717, 1.165) is 24.9 Å². The van der Waals surface area contributed by atoms with E-state index in [0.29, 0.717) is 12.5 Å². The molecule has 0 fully saturated rings. The van der Waals surface area contributed by atoms with E-state index < -0.39 is 0 Å². The number of carbonyl (C=O) groups is 1. The number of aromatic nitrogens is 1. The highest BCUT2D eigenvalue weighted by atomic mass is 16.1. The summed E-state index contributed by atoms with van der Waals surface area (Å²) in [6.07, 6.45) is 6.31. The summed E-state index contributed by atoms with van der Waals surface area (Å²) in [7, 11) is 0. The zero-order valence-corrected chi connectivity index (χ0v) is 11.2. The van der Waals surface area contributed by atoms with Gasteiger partial charge in [0.2, 0.25) is 5.91 Å². The zero-order valence-electron chi connectivity index (χ0n) is 11.2. The Labute approximate surface area is 109 Å². The van der Waals surface area contributed by atoms with Crippen LogP contribution in [0, 0.1) is 11.8 Å². The molecule has 2 atom stereocenters. The number of hydrogen-bond acceptors (Lipinski definition) is 3. The van der Waals surface area contributed by atoms with Crippen LogP contribution >= 0.6 is 0 Å². The average Bonchev–Trinajstić information content (AvgIpc) is 2.40. The highest BCUT2D eigenvalue weighted by molar-refractivity contribution is 5.92. The van der Waals surface area contributed by atoms with Gasteiger partial charge >= 0.3 is 0 Å². The number of pyridine rings is 1. The van der Waals surface area contributed by atoms with Crippen molar-refractivity contribution in [2.75, 3.05) is 11.9 Å². The SMILES string of the molecule is CC[C@@H](CN)CCC(C)C(=O)Nc1ccncc1. The summed E-state index contributed by atoms with van der Waals surface area (Å²) in [6.45, 7) is 4.80. The minimum Gasteiger partial charge on any atom is -0.330 e. The van der Waals surface area contributed by atoms with E-state index in [9.17, 15) is 4.79 Å². The molecule has 0 aliphatic carbocycles. The molecule has 4 heteroatoms. The van der Waals surface area contributed by atoms with E-state index in [1.807, 2.05) is 6.92 Å². The largest absolute Gasteiger partial charge is 0.330 e. The van der Waals surface area contributed by atoms with Crippen molar-refractivity contribution in [3.63, 3.8) is 0 Å². The smallest absolute Gasteiger partial charge is 0.227 e. The van der Waals surface area contributed by atoms with Gasteiger partial charge in [0.15, 0.2) is 0 Å². The molecule has 0 saturated carbocycles. The molecule has 3 N–H and O–H groups in total. The van der Waals surface area contributed by atoms with Crippen LogP contribution in [-0.4, -0.2) is 17.4 Å². The fraction of sp³-hybridized carbons (Fsp3) is 0.571. The van der Waals surface area contributed by atoms with Gasteiger partial charge in [-0.05, 0) is 37.4 Å². The summed E-state index contributed by atoms with van der Waals surface area (Å²) in [5, 5.41) is 2.89. The van der Waals surface area contributed by atoms with Crippen LogP contribution < -0.4 is 11.1 Å². The average molecular weight is 249 g/mol. The second-order valence-corrected chi connectivity index (χ2v) is 4.71. The fourth-order valence-electron chi connectivity index (χ4n) is 1.81. The predicted octanol–water partition coefficient (Wildman–Crippen LogP) is 2.42. The highest BCUT2D eigenvalue weighted by Gasteiger charge is 2.14. The maximum absolute atomic E-state index is 11.9. The van der Waals surface area contributed by atoms with E-state index in [1.165, 1.54) is 0 Å². The second-order valence-electron chi connectivity index (χ2n) is 4.71. The number of nitrogens with one attached hydrogen (secondary N) is 1. The number of amides is 1. The third-order valence-corrected chi connectivity index (χ3v) is 3.31. The topological polar surface area (TPSA) is 68.0 Å². The van der Waals surface area contributed by atoms with Crippen molar-refractivity contribution in [1.29, 1.82) is 0 Å². The summed E-state index contributed by atoms with van der Waals surface area (Å²) in [5.74, 6) is 0.605. The molecule has 0 bridgehead atoms. The van der Waals surface area contributed by atoms with Crippen LogP contribution in [0.15, 0.2) is 24.5 Å². The molecule has 18 heavy (non-hydrogen) atoms. The van der Waals surface area contributed by atoms with E-state index in [2.05, 4.69) is 17.2 Å². The van der Waals surface area contributed by atoms with E-state index >= 15 is 0 Å². The van der Waals surface area contributed by atoms with Crippen LogP contribution in [0.3, 0.4) is 0 Å². The van der Waals surface area contributed by atoms with Crippen molar-refractivity contribution in [3.05, 3.63) is 24.5 Å². The Bertz CT molecular complexity index is 349. The van der Waals surface area contributed by atoms with Gasteiger partial charge in [-0.25, -0.2) is 0 Å². The van der Waals surface area contributed by atoms with Crippen LogP contribution in [0.25, 0.3) is 0 Å². The first-order valence-corrected chi connectivity index (χ1v) is 6.58. The quantitative estimate of drug-likeness (QED) is 0.779. The first kappa shape index (κ1) is 14.6. The lowest BCUT2D eigenvalue weighted by molar-refractivity contribution is -0.119. The molecule has 0 saturated heterocycles. The van der Waals surface area contributed by atoms with Gasteiger partial charge in [0, 0.05) is 24.0 Å². The third kappa shape index (κ3) is 4.84. The van der Waals surface area contributed by atoms with E-state index in [1.54, 1.807) is 24.5 Å². The van der Waals surface area contributed by atoms with Crippen molar-refractivity contribution < 1.29 is 4.79 Å². The molecular weight excluding hydrogens is 226 g/mol. The first-order chi connectivity index (χ1) is 8.67. The van der Waals surface area contributed by atoms with Gasteiger partial charge < -0.3 is 11.1 Å². The monoisotopic (exact) mass is 249 g/mol. The molecule has 100 valence electrons. The Morgan fingerprint density at radius 1 is 1.39 bits per heavy atom. The summed E-state index contributed by atoms with van der Waals surface area (Å²) in [6, 6.07) is 3.58. The molecule has 1 aromatic heterocycles. The van der Waals surface area contributed by atoms with Crippen molar-refractivity contribution in [2.45, 2.75) is 33.1 Å². The van der Waals surface area contributed by atoms with Gasteiger partial charge in [-0.1, -0.05) is 20.3 Å². The molecule has 0 aliphatic rings. The number of rotatable bonds is 7. The lowest BCUT2D eigenvalue weighted by Crippen LogP contribution is -2.22. The number of carbonyl (C=O) groups excluding carboxylic acids is 1. The Hall–Kier alpha value is -1.42. The molecule has 1 unspecified atom stereocenters. The maximum Gasteiger partial charge on any atom is 0.227 e. The molecule has 1 rings (SSSR count). The van der Waals surface area contributed by atoms with Gasteiger partial charge in [-0.15, -0.1) is 0 Å². The normalized spacial score (nSPS) is 13.9. The summed E-state index contributed by atoms with van der Waals surface area (Å²) in [4.78, 5) is 15.9. The number of anilines is 1. The Morgan fingerprint density at radius 2 is 2.06 bits per heavy atom. The van der Waals surface area contributed by atoms with Crippen LogP contribution in [0.1, 0.15) is 33.1 Å². The summed E-state index contributed by atoms with van der Waals surface area (Å²) >= 11 is 0. The predicted molar refractivity (Wildman–Crippen MR) is 74.1 cm³/mol. The van der Waals surface area contributed by atoms with Crippen molar-refractivity contribution >= 4 is 11.6 Å². The van der Waals surface area contributed by atoms with Crippen LogP contribution in [0.2, 0.25) is 0 Å². The van der Waals surface area contributed by atoms with E-state index in [-0.39, 0.29) is 11.8 Å². The molecule has 1 heterocycles. The number of nitrogens with zero attached hydrogens (tertiary/aromatic N) is 1. The number of hydrogen-bond donors (Lipinski definition) is 2. The minimum atomic E-state index is 0.0127.